The van der Waals surface area contributed by atoms with Gasteiger partial charge >= 0.3 is 0 Å². The Kier molecular flexibility index (Phi) is 3.91. The summed E-state index contributed by atoms with van der Waals surface area (Å²) in [5.41, 5.74) is 2.99. The Morgan fingerprint density at radius 1 is 1.25 bits per heavy atom. The predicted molar refractivity (Wildman–Crippen MR) is 80.1 cm³/mol. The fourth-order valence-electron chi connectivity index (χ4n) is 5.12. The van der Waals surface area contributed by atoms with Gasteiger partial charge < -0.3 is 10.1 Å². The standard InChI is InChI=1S/C15H28N4O/c1-10(9-20-2)17-14(19-16)18-15-6-11-3-12(7-15)5-13(4-11)8-15/h10-13H,3-9,16H2,1-2H3,(H2,17,18,19). The molecule has 0 heterocycles. The molecule has 114 valence electrons. The number of ether oxygens (including phenoxy) is 1. The fourth-order valence-corrected chi connectivity index (χ4v) is 5.12. The van der Waals surface area contributed by atoms with Crippen molar-refractivity contribution in [3.05, 3.63) is 0 Å². The minimum atomic E-state index is 0.118. The first-order chi connectivity index (χ1) is 9.62. The zero-order chi connectivity index (χ0) is 14.2. The number of rotatable bonds is 4. The normalized spacial score (nSPS) is 40.8. The van der Waals surface area contributed by atoms with Crippen LogP contribution in [0.2, 0.25) is 0 Å². The predicted octanol–water partition coefficient (Wildman–Crippen LogP) is 1.40. The van der Waals surface area contributed by atoms with E-state index in [-0.39, 0.29) is 11.6 Å². The van der Waals surface area contributed by atoms with Gasteiger partial charge in [-0.15, -0.1) is 0 Å². The van der Waals surface area contributed by atoms with Crippen molar-refractivity contribution in [1.29, 1.82) is 0 Å². The molecule has 0 aliphatic heterocycles. The Morgan fingerprint density at radius 2 is 1.80 bits per heavy atom. The molecule has 4 fully saturated rings. The number of hydrazine groups is 1. The maximum absolute atomic E-state index is 5.66. The molecule has 4 aliphatic carbocycles. The van der Waals surface area contributed by atoms with Gasteiger partial charge in [-0.25, -0.2) is 10.8 Å². The summed E-state index contributed by atoms with van der Waals surface area (Å²) in [5, 5.41) is 3.66. The Balaban J connectivity index is 1.69. The van der Waals surface area contributed by atoms with E-state index in [2.05, 4.69) is 15.7 Å². The molecule has 0 aromatic heterocycles. The van der Waals surface area contributed by atoms with Crippen LogP contribution in [0.25, 0.3) is 0 Å². The third-order valence-electron chi connectivity index (χ3n) is 5.32. The lowest BCUT2D eigenvalue weighted by Gasteiger charge is -2.57. The van der Waals surface area contributed by atoms with Crippen LogP contribution in [-0.4, -0.2) is 31.3 Å². The third-order valence-corrected chi connectivity index (χ3v) is 5.32. The summed E-state index contributed by atoms with van der Waals surface area (Å²) in [4.78, 5) is 4.61. The van der Waals surface area contributed by atoms with Crippen LogP contribution in [0.5, 0.6) is 0 Å². The molecule has 0 radical (unpaired) electrons. The lowest BCUT2D eigenvalue weighted by atomic mass is 9.53. The topological polar surface area (TPSA) is 71.7 Å². The number of hydrogen-bond acceptors (Lipinski definition) is 3. The van der Waals surface area contributed by atoms with Crippen molar-refractivity contribution in [3.63, 3.8) is 0 Å². The molecule has 0 amide bonds. The van der Waals surface area contributed by atoms with Crippen LogP contribution >= 0.6 is 0 Å². The molecular formula is C15H28N4O. The number of methoxy groups -OCH3 is 1. The number of aliphatic imine (C=N–C) groups is 1. The van der Waals surface area contributed by atoms with Gasteiger partial charge in [-0.3, -0.25) is 5.43 Å². The maximum atomic E-state index is 5.66. The van der Waals surface area contributed by atoms with E-state index in [0.29, 0.717) is 6.61 Å². The second-order valence-electron chi connectivity index (χ2n) is 7.25. The Morgan fingerprint density at radius 3 is 2.25 bits per heavy atom. The van der Waals surface area contributed by atoms with Crippen LogP contribution in [0.3, 0.4) is 0 Å². The molecule has 0 aromatic carbocycles. The van der Waals surface area contributed by atoms with Crippen molar-refractivity contribution in [2.24, 2.45) is 28.6 Å². The molecule has 4 rings (SSSR count). The van der Waals surface area contributed by atoms with Crippen LogP contribution in [0, 0.1) is 17.8 Å². The first kappa shape index (κ1) is 14.1. The minimum Gasteiger partial charge on any atom is -0.382 e. The number of hydrogen-bond donors (Lipinski definition) is 3. The van der Waals surface area contributed by atoms with Gasteiger partial charge in [-0.2, -0.15) is 0 Å². The highest BCUT2D eigenvalue weighted by molar-refractivity contribution is 5.80. The van der Waals surface area contributed by atoms with Gasteiger partial charge in [0.25, 0.3) is 0 Å². The summed E-state index contributed by atoms with van der Waals surface area (Å²) in [6.45, 7) is 2.66. The molecule has 0 saturated heterocycles. The molecule has 5 heteroatoms. The fraction of sp³-hybridized carbons (Fsp3) is 0.933. The minimum absolute atomic E-state index is 0.118. The molecule has 4 saturated carbocycles. The van der Waals surface area contributed by atoms with Gasteiger partial charge in [0.1, 0.15) is 0 Å². The summed E-state index contributed by atoms with van der Waals surface area (Å²) in [5.74, 6) is 9.16. The summed E-state index contributed by atoms with van der Waals surface area (Å²) in [7, 11) is 1.70. The molecule has 0 aromatic rings. The van der Waals surface area contributed by atoms with Crippen molar-refractivity contribution in [3.8, 4) is 0 Å². The average molecular weight is 280 g/mol. The highest BCUT2D eigenvalue weighted by atomic mass is 16.5. The first-order valence-corrected chi connectivity index (χ1v) is 7.94. The first-order valence-electron chi connectivity index (χ1n) is 7.94. The van der Waals surface area contributed by atoms with E-state index < -0.39 is 0 Å². The van der Waals surface area contributed by atoms with Crippen molar-refractivity contribution in [2.45, 2.75) is 57.0 Å². The van der Waals surface area contributed by atoms with E-state index in [1.165, 1.54) is 38.5 Å². The molecule has 4 bridgehead atoms. The Labute approximate surface area is 121 Å². The van der Waals surface area contributed by atoms with E-state index in [4.69, 9.17) is 10.6 Å². The van der Waals surface area contributed by atoms with Crippen LogP contribution in [0.1, 0.15) is 45.4 Å². The van der Waals surface area contributed by atoms with Crippen LogP contribution in [0.4, 0.5) is 0 Å². The van der Waals surface area contributed by atoms with Crippen molar-refractivity contribution < 1.29 is 4.74 Å². The number of nitrogens with two attached hydrogens (primary N) is 1. The maximum Gasteiger partial charge on any atom is 0.206 e. The summed E-state index contributed by atoms with van der Waals surface area (Å²) in [6.07, 6.45) is 8.21. The zero-order valence-electron chi connectivity index (χ0n) is 12.7. The second kappa shape index (κ2) is 5.53. The molecule has 4 aliphatic rings. The van der Waals surface area contributed by atoms with E-state index in [0.717, 1.165) is 23.7 Å². The van der Waals surface area contributed by atoms with Gasteiger partial charge in [0.05, 0.1) is 12.6 Å². The van der Waals surface area contributed by atoms with E-state index >= 15 is 0 Å². The van der Waals surface area contributed by atoms with E-state index in [1.54, 1.807) is 7.11 Å². The molecule has 1 unspecified atom stereocenters. The quantitative estimate of drug-likeness (QED) is 0.315. The van der Waals surface area contributed by atoms with Crippen LogP contribution in [-0.2, 0) is 4.74 Å². The molecular weight excluding hydrogens is 252 g/mol. The van der Waals surface area contributed by atoms with Gasteiger partial charge in [0.2, 0.25) is 5.96 Å². The van der Waals surface area contributed by atoms with Gasteiger partial charge in [0.15, 0.2) is 0 Å². The van der Waals surface area contributed by atoms with Crippen molar-refractivity contribution >= 4 is 5.96 Å². The molecule has 1 atom stereocenters. The van der Waals surface area contributed by atoms with Gasteiger partial charge in [-0.05, 0) is 63.2 Å². The van der Waals surface area contributed by atoms with E-state index in [9.17, 15) is 0 Å². The monoisotopic (exact) mass is 280 g/mol. The Hall–Kier alpha value is -0.810. The highest BCUT2D eigenvalue weighted by Crippen LogP contribution is 2.55. The third kappa shape index (κ3) is 2.79. The van der Waals surface area contributed by atoms with Crippen molar-refractivity contribution in [2.75, 3.05) is 13.7 Å². The van der Waals surface area contributed by atoms with Crippen LogP contribution in [0.15, 0.2) is 4.99 Å². The lowest BCUT2D eigenvalue weighted by molar-refractivity contribution is -0.0106. The number of nitrogens with one attached hydrogen (secondary N) is 2. The smallest absolute Gasteiger partial charge is 0.206 e. The summed E-state index contributed by atoms with van der Waals surface area (Å²) >= 11 is 0. The second-order valence-corrected chi connectivity index (χ2v) is 7.25. The van der Waals surface area contributed by atoms with Gasteiger partial charge in [0, 0.05) is 12.6 Å². The molecule has 0 spiro atoms. The Bertz CT molecular complexity index is 347. The zero-order valence-corrected chi connectivity index (χ0v) is 12.7. The number of guanidine groups is 1. The summed E-state index contributed by atoms with van der Waals surface area (Å²) < 4.78 is 5.14. The van der Waals surface area contributed by atoms with Gasteiger partial charge in [-0.1, -0.05) is 0 Å². The van der Waals surface area contributed by atoms with E-state index in [1.807, 2.05) is 6.92 Å². The largest absolute Gasteiger partial charge is 0.382 e. The molecule has 4 N–H and O–H groups in total. The summed E-state index contributed by atoms with van der Waals surface area (Å²) in [6, 6.07) is 0.118. The highest BCUT2D eigenvalue weighted by Gasteiger charge is 2.51. The molecule has 20 heavy (non-hydrogen) atoms. The molecule has 5 nitrogen and oxygen atoms in total. The SMILES string of the molecule is COCC(C)N=C(NN)NC12CC3CC(CC(C3)C1)C2. The van der Waals surface area contributed by atoms with Crippen LogP contribution < -0.4 is 16.6 Å². The number of nitrogens with zero attached hydrogens (tertiary/aromatic N) is 1. The van der Waals surface area contributed by atoms with Crippen molar-refractivity contribution in [1.82, 2.24) is 10.7 Å². The average Bonchev–Trinajstić information content (AvgIpc) is 2.36. The lowest BCUT2D eigenvalue weighted by Crippen LogP contribution is -2.62.